The molecule has 5 heteroatoms. The Morgan fingerprint density at radius 1 is 1.22 bits per heavy atom. The normalized spacial score (nSPS) is 15.1. The molecule has 2 nitrogen and oxygen atoms in total. The number of hydroxylamine groups is 1. The van der Waals surface area contributed by atoms with E-state index in [-0.39, 0.29) is 19.3 Å². The van der Waals surface area contributed by atoms with E-state index in [9.17, 15) is 13.2 Å². The van der Waals surface area contributed by atoms with Crippen LogP contribution in [-0.4, -0.2) is 16.9 Å². The summed E-state index contributed by atoms with van der Waals surface area (Å²) in [5.41, 5.74) is -0.102. The third kappa shape index (κ3) is 3.34. The van der Waals surface area contributed by atoms with E-state index in [1.165, 1.54) is 5.48 Å². The van der Waals surface area contributed by atoms with Crippen molar-refractivity contribution in [2.75, 3.05) is 0 Å². The van der Waals surface area contributed by atoms with Crippen LogP contribution in [0.5, 0.6) is 0 Å². The first-order chi connectivity index (χ1) is 8.45. The maximum Gasteiger partial charge on any atom is 0.409 e. The number of halogens is 3. The number of alkyl halides is 3. The monoisotopic (exact) mass is 259 g/mol. The molecular weight excluding hydrogens is 243 g/mol. The van der Waals surface area contributed by atoms with Gasteiger partial charge in [-0.3, -0.25) is 0 Å². The molecular formula is C13H16F3NO. The second kappa shape index (κ2) is 6.02. The predicted octanol–water partition coefficient (Wildman–Crippen LogP) is 3.48. The topological polar surface area (TPSA) is 32.3 Å². The Kier molecular flexibility index (Phi) is 4.93. The molecule has 0 aliphatic heterocycles. The zero-order valence-electron chi connectivity index (χ0n) is 9.87. The molecule has 0 heterocycles. The van der Waals surface area contributed by atoms with Crippen LogP contribution in [0, 0.1) is 0 Å². The minimum Gasteiger partial charge on any atom is -0.316 e. The zero-order chi connectivity index (χ0) is 13.6. The Morgan fingerprint density at radius 3 is 2.28 bits per heavy atom. The van der Waals surface area contributed by atoms with Gasteiger partial charge in [0.1, 0.15) is 5.54 Å². The zero-order valence-corrected chi connectivity index (χ0v) is 9.87. The van der Waals surface area contributed by atoms with Gasteiger partial charge in [-0.05, 0) is 24.8 Å². The van der Waals surface area contributed by atoms with Crippen molar-refractivity contribution in [3.05, 3.63) is 48.6 Å². The first-order valence-electron chi connectivity index (χ1n) is 5.58. The number of benzene rings is 1. The van der Waals surface area contributed by atoms with Crippen molar-refractivity contribution in [2.24, 2.45) is 0 Å². The largest absolute Gasteiger partial charge is 0.409 e. The molecule has 0 bridgehead atoms. The predicted molar refractivity (Wildman–Crippen MR) is 63.3 cm³/mol. The summed E-state index contributed by atoms with van der Waals surface area (Å²) in [6.07, 6.45) is -3.78. The number of hydrogen-bond acceptors (Lipinski definition) is 2. The molecule has 1 aromatic rings. The lowest BCUT2D eigenvalue weighted by Crippen LogP contribution is -2.55. The molecule has 1 rings (SSSR count). The van der Waals surface area contributed by atoms with E-state index in [1.807, 2.05) is 0 Å². The van der Waals surface area contributed by atoms with Crippen LogP contribution in [0.4, 0.5) is 13.2 Å². The molecule has 0 amide bonds. The van der Waals surface area contributed by atoms with E-state index in [1.54, 1.807) is 30.3 Å². The second-order valence-corrected chi connectivity index (χ2v) is 4.17. The number of aryl methyl sites for hydroxylation is 1. The fourth-order valence-electron chi connectivity index (χ4n) is 1.77. The van der Waals surface area contributed by atoms with Crippen molar-refractivity contribution in [1.82, 2.24) is 5.48 Å². The lowest BCUT2D eigenvalue weighted by molar-refractivity contribution is -0.223. The van der Waals surface area contributed by atoms with E-state index in [0.717, 1.165) is 11.6 Å². The molecule has 0 saturated heterocycles. The van der Waals surface area contributed by atoms with E-state index >= 15 is 0 Å². The highest BCUT2D eigenvalue weighted by Crippen LogP contribution is 2.36. The maximum atomic E-state index is 13.0. The molecule has 0 fully saturated rings. The van der Waals surface area contributed by atoms with Crippen molar-refractivity contribution < 1.29 is 18.4 Å². The van der Waals surface area contributed by atoms with E-state index in [4.69, 9.17) is 5.21 Å². The number of hydrogen-bond donors (Lipinski definition) is 2. The third-order valence-corrected chi connectivity index (χ3v) is 2.93. The van der Waals surface area contributed by atoms with Gasteiger partial charge in [-0.2, -0.15) is 18.7 Å². The maximum absolute atomic E-state index is 13.0. The van der Waals surface area contributed by atoms with Gasteiger partial charge in [0.15, 0.2) is 0 Å². The quantitative estimate of drug-likeness (QED) is 0.605. The average Bonchev–Trinajstić information content (AvgIpc) is 2.34. The van der Waals surface area contributed by atoms with Crippen molar-refractivity contribution in [2.45, 2.75) is 31.0 Å². The summed E-state index contributed by atoms with van der Waals surface area (Å²) in [5.74, 6) is 0. The molecule has 0 aliphatic carbocycles. The molecule has 0 radical (unpaired) electrons. The Labute approximate surface area is 104 Å². The minimum atomic E-state index is -4.54. The summed E-state index contributed by atoms with van der Waals surface area (Å²) < 4.78 is 39.0. The first kappa shape index (κ1) is 14.7. The summed E-state index contributed by atoms with van der Waals surface area (Å²) in [6, 6.07) is 8.85. The van der Waals surface area contributed by atoms with Gasteiger partial charge < -0.3 is 5.21 Å². The summed E-state index contributed by atoms with van der Waals surface area (Å²) >= 11 is 0. The average molecular weight is 259 g/mol. The molecule has 18 heavy (non-hydrogen) atoms. The van der Waals surface area contributed by atoms with Crippen LogP contribution in [0.2, 0.25) is 0 Å². The van der Waals surface area contributed by atoms with E-state index < -0.39 is 11.7 Å². The molecule has 0 aromatic heterocycles. The van der Waals surface area contributed by atoms with Gasteiger partial charge in [-0.1, -0.05) is 36.4 Å². The molecule has 1 atom stereocenters. The van der Waals surface area contributed by atoms with Crippen molar-refractivity contribution in [3.63, 3.8) is 0 Å². The molecule has 0 saturated carbocycles. The van der Waals surface area contributed by atoms with Crippen molar-refractivity contribution in [3.8, 4) is 0 Å². The van der Waals surface area contributed by atoms with Gasteiger partial charge in [-0.25, -0.2) is 0 Å². The Hall–Kier alpha value is -1.33. The van der Waals surface area contributed by atoms with Gasteiger partial charge >= 0.3 is 6.18 Å². The standard InChI is InChI=1S/C13H16F3NO/c1-2-9-12(17-18,13(14,15)16)10-8-11-6-4-3-5-7-11/h2-7,17-18H,1,8-10H2. The minimum absolute atomic E-state index is 0.224. The van der Waals surface area contributed by atoms with Gasteiger partial charge in [-0.15, -0.1) is 6.58 Å². The van der Waals surface area contributed by atoms with E-state index in [0.29, 0.717) is 0 Å². The van der Waals surface area contributed by atoms with Crippen LogP contribution in [0.25, 0.3) is 0 Å². The second-order valence-electron chi connectivity index (χ2n) is 4.17. The SMILES string of the molecule is C=CCC(CCc1ccccc1)(NO)C(F)(F)F. The summed E-state index contributed by atoms with van der Waals surface area (Å²) in [6.45, 7) is 3.31. The third-order valence-electron chi connectivity index (χ3n) is 2.93. The van der Waals surface area contributed by atoms with Crippen molar-refractivity contribution in [1.29, 1.82) is 0 Å². The highest BCUT2D eigenvalue weighted by Gasteiger charge is 2.53. The van der Waals surface area contributed by atoms with Gasteiger partial charge in [0, 0.05) is 0 Å². The summed E-state index contributed by atoms with van der Waals surface area (Å²) in [4.78, 5) is 0. The van der Waals surface area contributed by atoms with Gasteiger partial charge in [0.25, 0.3) is 0 Å². The number of nitrogens with one attached hydrogen (secondary N) is 1. The number of rotatable bonds is 6. The fraction of sp³-hybridized carbons (Fsp3) is 0.385. The lowest BCUT2D eigenvalue weighted by Gasteiger charge is -2.33. The highest BCUT2D eigenvalue weighted by molar-refractivity contribution is 5.16. The van der Waals surface area contributed by atoms with Crippen LogP contribution < -0.4 is 5.48 Å². The fourth-order valence-corrected chi connectivity index (χ4v) is 1.77. The lowest BCUT2D eigenvalue weighted by atomic mass is 9.88. The van der Waals surface area contributed by atoms with Gasteiger partial charge in [0.2, 0.25) is 0 Å². The van der Waals surface area contributed by atoms with Crippen LogP contribution in [-0.2, 0) is 6.42 Å². The Balaban J connectivity index is 2.82. The molecule has 0 aliphatic rings. The Morgan fingerprint density at radius 2 is 1.83 bits per heavy atom. The van der Waals surface area contributed by atoms with Crippen LogP contribution in [0.3, 0.4) is 0 Å². The molecule has 1 aromatic carbocycles. The molecule has 0 spiro atoms. The Bertz CT molecular complexity index is 378. The summed E-state index contributed by atoms with van der Waals surface area (Å²) in [5, 5.41) is 8.90. The molecule has 100 valence electrons. The van der Waals surface area contributed by atoms with Gasteiger partial charge in [0.05, 0.1) is 0 Å². The van der Waals surface area contributed by atoms with Crippen molar-refractivity contribution >= 4 is 0 Å². The molecule has 1 unspecified atom stereocenters. The van der Waals surface area contributed by atoms with E-state index in [2.05, 4.69) is 6.58 Å². The van der Waals surface area contributed by atoms with Crippen LogP contribution >= 0.6 is 0 Å². The molecule has 2 N–H and O–H groups in total. The van der Waals surface area contributed by atoms with Crippen LogP contribution in [0.1, 0.15) is 18.4 Å². The highest BCUT2D eigenvalue weighted by atomic mass is 19.4. The first-order valence-corrected chi connectivity index (χ1v) is 5.58. The smallest absolute Gasteiger partial charge is 0.316 e. The van der Waals surface area contributed by atoms with Crippen LogP contribution in [0.15, 0.2) is 43.0 Å². The summed E-state index contributed by atoms with van der Waals surface area (Å²) in [7, 11) is 0.